The van der Waals surface area contributed by atoms with Crippen LogP contribution in [0.15, 0.2) is 78.1 Å². The number of hydrogen-bond acceptors (Lipinski definition) is 3. The van der Waals surface area contributed by atoms with E-state index in [1.54, 1.807) is 17.0 Å². The van der Waals surface area contributed by atoms with Crippen molar-refractivity contribution in [3.8, 4) is 0 Å². The number of ether oxygens (including phenoxy) is 1. The van der Waals surface area contributed by atoms with Crippen LogP contribution in [0.2, 0.25) is 0 Å². The molecule has 2 aromatic carbocycles. The number of carboxylic acid groups (broad SMARTS) is 1. The molecule has 0 saturated carbocycles. The van der Waals surface area contributed by atoms with Crippen LogP contribution in [0.3, 0.4) is 0 Å². The largest absolute Gasteiger partial charge is 0.493 e. The van der Waals surface area contributed by atoms with Crippen LogP contribution >= 0.6 is 0 Å². The number of β-lactam (4-membered cyclic amide) rings is 1. The normalized spacial score (nSPS) is 20.5. The molecule has 1 unspecified atom stereocenters. The molecule has 1 saturated heterocycles. The van der Waals surface area contributed by atoms with Gasteiger partial charge in [0.05, 0.1) is 17.7 Å². The van der Waals surface area contributed by atoms with Gasteiger partial charge in [-0.1, -0.05) is 36.4 Å². The standard InChI is InChI=1S/C25H24FNO4/c26-19-8-10-20(11-9-19)27-24(22(25(27)30)14-15-23(28)29)18-6-12-21(13-7-18)31-16-17-4-2-1-3-5-17/h1-6,8-12,22,24H,7,13-16H2,(H,28,29)/t22?,24-/m1/s1. The number of carboxylic acids is 1. The van der Waals surface area contributed by atoms with E-state index in [0.29, 0.717) is 18.7 Å². The van der Waals surface area contributed by atoms with Gasteiger partial charge in [-0.2, -0.15) is 0 Å². The number of aliphatic carboxylic acids is 1. The molecule has 160 valence electrons. The predicted molar refractivity (Wildman–Crippen MR) is 115 cm³/mol. The summed E-state index contributed by atoms with van der Waals surface area (Å²) in [4.78, 5) is 25.5. The van der Waals surface area contributed by atoms with Crippen LogP contribution in [0.4, 0.5) is 10.1 Å². The summed E-state index contributed by atoms with van der Waals surface area (Å²) in [5, 5.41) is 9.06. The fourth-order valence-corrected chi connectivity index (χ4v) is 4.17. The molecular weight excluding hydrogens is 397 g/mol. The van der Waals surface area contributed by atoms with E-state index < -0.39 is 5.97 Å². The molecule has 1 amide bonds. The molecule has 6 heteroatoms. The van der Waals surface area contributed by atoms with Crippen molar-refractivity contribution in [2.24, 2.45) is 5.92 Å². The lowest BCUT2D eigenvalue weighted by Gasteiger charge is -2.49. The van der Waals surface area contributed by atoms with Gasteiger partial charge in [-0.3, -0.25) is 9.59 Å². The van der Waals surface area contributed by atoms with Crippen molar-refractivity contribution in [1.82, 2.24) is 0 Å². The van der Waals surface area contributed by atoms with E-state index >= 15 is 0 Å². The van der Waals surface area contributed by atoms with Crippen molar-refractivity contribution in [3.63, 3.8) is 0 Å². The third-order valence-electron chi connectivity index (χ3n) is 5.78. The Morgan fingerprint density at radius 2 is 1.81 bits per heavy atom. The molecule has 1 heterocycles. The highest BCUT2D eigenvalue weighted by Crippen LogP contribution is 2.41. The van der Waals surface area contributed by atoms with Gasteiger partial charge in [0.15, 0.2) is 0 Å². The first-order valence-corrected chi connectivity index (χ1v) is 10.4. The molecule has 0 aromatic heterocycles. The molecule has 4 rings (SSSR count). The molecule has 1 aliphatic heterocycles. The van der Waals surface area contributed by atoms with E-state index in [1.165, 1.54) is 12.1 Å². The van der Waals surface area contributed by atoms with Gasteiger partial charge in [-0.05, 0) is 54.3 Å². The van der Waals surface area contributed by atoms with Crippen molar-refractivity contribution in [1.29, 1.82) is 0 Å². The number of rotatable bonds is 8. The summed E-state index contributed by atoms with van der Waals surface area (Å²) in [6.07, 6.45) is 5.58. The first-order chi connectivity index (χ1) is 15.0. The monoisotopic (exact) mass is 421 g/mol. The SMILES string of the molecule is O=C(O)CCC1C(=O)N(c2ccc(F)cc2)[C@@H]1C1=CC=C(OCc2ccccc2)CC1. The van der Waals surface area contributed by atoms with Crippen molar-refractivity contribution in [2.75, 3.05) is 4.90 Å². The number of anilines is 1. The van der Waals surface area contributed by atoms with Crippen LogP contribution in [0.25, 0.3) is 0 Å². The average molecular weight is 421 g/mol. The number of nitrogens with zero attached hydrogens (tertiary/aromatic N) is 1. The van der Waals surface area contributed by atoms with Crippen molar-refractivity contribution in [2.45, 2.75) is 38.3 Å². The smallest absolute Gasteiger partial charge is 0.303 e. The van der Waals surface area contributed by atoms with Gasteiger partial charge in [0.1, 0.15) is 12.4 Å². The minimum absolute atomic E-state index is 0.0568. The van der Waals surface area contributed by atoms with Crippen LogP contribution in [0.5, 0.6) is 0 Å². The molecule has 2 aliphatic rings. The quantitative estimate of drug-likeness (QED) is 0.619. The highest BCUT2D eigenvalue weighted by atomic mass is 19.1. The highest BCUT2D eigenvalue weighted by molar-refractivity contribution is 6.04. The van der Waals surface area contributed by atoms with E-state index in [-0.39, 0.29) is 36.5 Å². The Bertz CT molecular complexity index is 1010. The summed E-state index contributed by atoms with van der Waals surface area (Å²) in [5.74, 6) is -0.897. The summed E-state index contributed by atoms with van der Waals surface area (Å²) in [6, 6.07) is 15.5. The fourth-order valence-electron chi connectivity index (χ4n) is 4.17. The predicted octanol–water partition coefficient (Wildman–Crippen LogP) is 4.84. The zero-order chi connectivity index (χ0) is 21.8. The summed E-state index contributed by atoms with van der Waals surface area (Å²) in [5.41, 5.74) is 2.78. The Balaban J connectivity index is 1.50. The van der Waals surface area contributed by atoms with Crippen molar-refractivity contribution >= 4 is 17.6 Å². The molecule has 1 N–H and O–H groups in total. The molecule has 2 aromatic rings. The van der Waals surface area contributed by atoms with Crippen LogP contribution in [0.1, 0.15) is 31.2 Å². The molecule has 2 atom stereocenters. The van der Waals surface area contributed by atoms with Gasteiger partial charge in [-0.15, -0.1) is 0 Å². The number of allylic oxidation sites excluding steroid dienone is 3. The number of carbonyl (C=O) groups is 2. The first-order valence-electron chi connectivity index (χ1n) is 10.4. The Morgan fingerprint density at radius 1 is 1.06 bits per heavy atom. The zero-order valence-electron chi connectivity index (χ0n) is 17.0. The zero-order valence-corrected chi connectivity index (χ0v) is 17.0. The third kappa shape index (κ3) is 4.68. The van der Waals surface area contributed by atoms with Gasteiger partial charge in [-0.25, -0.2) is 4.39 Å². The molecule has 31 heavy (non-hydrogen) atoms. The molecule has 0 spiro atoms. The van der Waals surface area contributed by atoms with E-state index in [9.17, 15) is 14.0 Å². The molecule has 1 fully saturated rings. The molecule has 1 aliphatic carbocycles. The number of halogens is 1. The Kier molecular flexibility index (Phi) is 6.16. The number of benzene rings is 2. The summed E-state index contributed by atoms with van der Waals surface area (Å²) in [7, 11) is 0. The van der Waals surface area contributed by atoms with Crippen molar-refractivity contribution < 1.29 is 23.8 Å². The summed E-state index contributed by atoms with van der Waals surface area (Å²) in [6.45, 7) is 0.501. The van der Waals surface area contributed by atoms with Gasteiger partial charge >= 0.3 is 5.97 Å². The van der Waals surface area contributed by atoms with Gasteiger partial charge in [0.25, 0.3) is 0 Å². The van der Waals surface area contributed by atoms with E-state index in [1.807, 2.05) is 42.5 Å². The Labute approximate surface area is 180 Å². The fraction of sp³-hybridized carbons (Fsp3) is 0.280. The number of hydrogen-bond donors (Lipinski definition) is 1. The average Bonchev–Trinajstić information content (AvgIpc) is 2.78. The second-order valence-electron chi connectivity index (χ2n) is 7.82. The second kappa shape index (κ2) is 9.16. The molecule has 0 radical (unpaired) electrons. The lowest BCUT2D eigenvalue weighted by molar-refractivity contribution is -0.138. The Morgan fingerprint density at radius 3 is 2.45 bits per heavy atom. The maximum atomic E-state index is 13.3. The second-order valence-corrected chi connectivity index (χ2v) is 7.82. The maximum Gasteiger partial charge on any atom is 0.303 e. The molecule has 5 nitrogen and oxygen atoms in total. The molecular formula is C25H24FNO4. The Hall–Kier alpha value is -3.41. The van der Waals surface area contributed by atoms with Crippen LogP contribution < -0.4 is 4.90 Å². The van der Waals surface area contributed by atoms with Crippen LogP contribution in [0, 0.1) is 11.7 Å². The lowest BCUT2D eigenvalue weighted by Crippen LogP contribution is -2.62. The van der Waals surface area contributed by atoms with E-state index in [2.05, 4.69) is 0 Å². The minimum atomic E-state index is -0.916. The van der Waals surface area contributed by atoms with E-state index in [0.717, 1.165) is 23.3 Å². The molecule has 0 bridgehead atoms. The topological polar surface area (TPSA) is 66.8 Å². The third-order valence-corrected chi connectivity index (χ3v) is 5.78. The summed E-state index contributed by atoms with van der Waals surface area (Å²) < 4.78 is 19.3. The number of amides is 1. The van der Waals surface area contributed by atoms with Crippen LogP contribution in [-0.2, 0) is 20.9 Å². The van der Waals surface area contributed by atoms with E-state index in [4.69, 9.17) is 9.84 Å². The van der Waals surface area contributed by atoms with Crippen molar-refractivity contribution in [3.05, 3.63) is 89.5 Å². The van der Waals surface area contributed by atoms with Gasteiger partial charge in [0, 0.05) is 18.5 Å². The van der Waals surface area contributed by atoms with Crippen LogP contribution in [-0.4, -0.2) is 23.0 Å². The summed E-state index contributed by atoms with van der Waals surface area (Å²) >= 11 is 0. The first kappa shape index (κ1) is 20.8. The van der Waals surface area contributed by atoms with Gasteiger partial charge in [0.2, 0.25) is 5.91 Å². The lowest BCUT2D eigenvalue weighted by atomic mass is 9.76. The highest BCUT2D eigenvalue weighted by Gasteiger charge is 2.49. The number of carbonyl (C=O) groups excluding carboxylic acids is 1. The van der Waals surface area contributed by atoms with Gasteiger partial charge < -0.3 is 14.7 Å². The maximum absolute atomic E-state index is 13.3. The minimum Gasteiger partial charge on any atom is -0.493 e.